The molecule has 0 radical (unpaired) electrons. The molecule has 6 nitrogen and oxygen atoms in total. The summed E-state index contributed by atoms with van der Waals surface area (Å²) in [6, 6.07) is 5.38. The topological polar surface area (TPSA) is 98.7 Å². The molecule has 1 aliphatic heterocycles. The van der Waals surface area contributed by atoms with Crippen molar-refractivity contribution in [2.75, 3.05) is 6.54 Å². The van der Waals surface area contributed by atoms with Crippen LogP contribution in [0.15, 0.2) is 24.3 Å². The van der Waals surface area contributed by atoms with Gasteiger partial charge in [-0.2, -0.15) is 0 Å². The molecule has 24 heavy (non-hydrogen) atoms. The van der Waals surface area contributed by atoms with Gasteiger partial charge in [0.1, 0.15) is 11.8 Å². The Kier molecular flexibility index (Phi) is 7.39. The van der Waals surface area contributed by atoms with E-state index in [9.17, 15) is 19.8 Å². The summed E-state index contributed by atoms with van der Waals surface area (Å²) in [6.07, 6.45) is 4.55. The van der Waals surface area contributed by atoms with E-state index in [-0.39, 0.29) is 18.1 Å². The van der Waals surface area contributed by atoms with Gasteiger partial charge in [0.2, 0.25) is 5.91 Å². The minimum atomic E-state index is -1.05. The Balaban J connectivity index is 1.71. The zero-order valence-corrected chi connectivity index (χ0v) is 14.3. The van der Waals surface area contributed by atoms with E-state index < -0.39 is 12.0 Å². The minimum absolute atomic E-state index is 0.130. The highest BCUT2D eigenvalue weighted by molar-refractivity contribution is 7.98. The normalized spacial score (nSPS) is 18.2. The third kappa shape index (κ3) is 6.41. The predicted octanol–water partition coefficient (Wildman–Crippen LogP) is 2.07. The first-order valence-electron chi connectivity index (χ1n) is 8.23. The maximum atomic E-state index is 12.0. The van der Waals surface area contributed by atoms with Crippen molar-refractivity contribution in [1.29, 1.82) is 0 Å². The number of hydrogen-bond donors (Lipinski definition) is 4. The zero-order chi connectivity index (χ0) is 17.4. The van der Waals surface area contributed by atoms with Gasteiger partial charge in [-0.15, -0.1) is 0 Å². The van der Waals surface area contributed by atoms with Crippen molar-refractivity contribution in [3.63, 3.8) is 0 Å². The molecule has 0 saturated carbocycles. The molecular weight excluding hydrogens is 328 g/mol. The standard InChI is InChI=1S/C17H24N2O4S/c20-13-7-5-12(6-8-13)11-15(17(22)23)19-16(21)4-2-1-3-14-9-10-18-24-14/h5-8,14-15,18,20H,1-4,9-11H2,(H,19,21)(H,22,23). The van der Waals surface area contributed by atoms with Crippen molar-refractivity contribution < 1.29 is 19.8 Å². The molecule has 0 spiro atoms. The van der Waals surface area contributed by atoms with Crippen LogP contribution in [0.1, 0.15) is 37.7 Å². The fourth-order valence-corrected chi connectivity index (χ4v) is 3.64. The van der Waals surface area contributed by atoms with Gasteiger partial charge in [-0.25, -0.2) is 4.79 Å². The van der Waals surface area contributed by atoms with E-state index in [1.165, 1.54) is 18.6 Å². The van der Waals surface area contributed by atoms with Crippen LogP contribution in [-0.4, -0.2) is 39.9 Å². The van der Waals surface area contributed by atoms with Crippen LogP contribution in [0.25, 0.3) is 0 Å². The molecule has 1 aromatic rings. The van der Waals surface area contributed by atoms with Gasteiger partial charge in [0.25, 0.3) is 0 Å². The molecule has 1 fully saturated rings. The highest BCUT2D eigenvalue weighted by atomic mass is 32.2. The largest absolute Gasteiger partial charge is 0.508 e. The molecular formula is C17H24N2O4S. The van der Waals surface area contributed by atoms with Gasteiger partial charge in [0.05, 0.1) is 0 Å². The molecule has 4 N–H and O–H groups in total. The number of carbonyl (C=O) groups is 2. The summed E-state index contributed by atoms with van der Waals surface area (Å²) in [4.78, 5) is 23.3. The molecule has 0 aliphatic carbocycles. The maximum absolute atomic E-state index is 12.0. The number of rotatable bonds is 9. The third-order valence-corrected chi connectivity index (χ3v) is 5.18. The Morgan fingerprint density at radius 1 is 1.29 bits per heavy atom. The summed E-state index contributed by atoms with van der Waals surface area (Å²) in [5, 5.41) is 21.8. The second kappa shape index (κ2) is 9.54. The Hall–Kier alpha value is -1.73. The molecule has 2 unspecified atom stereocenters. The molecule has 0 bridgehead atoms. The highest BCUT2D eigenvalue weighted by Gasteiger charge is 2.20. The Morgan fingerprint density at radius 2 is 2.04 bits per heavy atom. The number of amides is 1. The quantitative estimate of drug-likeness (QED) is 0.401. The molecule has 0 aromatic heterocycles. The number of carbonyl (C=O) groups excluding carboxylic acids is 1. The van der Waals surface area contributed by atoms with Crippen LogP contribution in [-0.2, 0) is 16.0 Å². The summed E-state index contributed by atoms with van der Waals surface area (Å²) >= 11 is 1.77. The average molecular weight is 352 g/mol. The average Bonchev–Trinajstić information content (AvgIpc) is 3.06. The number of phenolic OH excluding ortho intramolecular Hbond substituents is 1. The first-order chi connectivity index (χ1) is 11.5. The van der Waals surface area contributed by atoms with Crippen molar-refractivity contribution in [2.45, 2.75) is 49.8 Å². The van der Waals surface area contributed by atoms with Gasteiger partial charge < -0.3 is 15.5 Å². The zero-order valence-electron chi connectivity index (χ0n) is 13.5. The second-order valence-corrected chi connectivity index (χ2v) is 7.19. The summed E-state index contributed by atoms with van der Waals surface area (Å²) < 4.78 is 3.24. The number of phenols is 1. The highest BCUT2D eigenvalue weighted by Crippen LogP contribution is 2.23. The minimum Gasteiger partial charge on any atom is -0.508 e. The molecule has 2 rings (SSSR count). The van der Waals surface area contributed by atoms with Crippen LogP contribution in [0.5, 0.6) is 5.75 Å². The molecule has 132 valence electrons. The van der Waals surface area contributed by atoms with Crippen LogP contribution in [0.3, 0.4) is 0 Å². The molecule has 2 atom stereocenters. The number of carboxylic acid groups (broad SMARTS) is 1. The summed E-state index contributed by atoms with van der Waals surface area (Å²) in [5.41, 5.74) is 0.756. The van der Waals surface area contributed by atoms with Gasteiger partial charge in [-0.1, -0.05) is 30.5 Å². The SMILES string of the molecule is O=C(CCCCC1CCNS1)NC(Cc1ccc(O)cc1)C(=O)O. The number of hydrogen-bond acceptors (Lipinski definition) is 5. The van der Waals surface area contributed by atoms with Crippen LogP contribution < -0.4 is 10.0 Å². The monoisotopic (exact) mass is 352 g/mol. The van der Waals surface area contributed by atoms with Crippen LogP contribution in [0.2, 0.25) is 0 Å². The fourth-order valence-electron chi connectivity index (χ4n) is 2.65. The lowest BCUT2D eigenvalue weighted by molar-refractivity contribution is -0.141. The Bertz CT molecular complexity index is 544. The van der Waals surface area contributed by atoms with Crippen LogP contribution in [0.4, 0.5) is 0 Å². The number of aromatic hydroxyl groups is 1. The number of carboxylic acids is 1. The van der Waals surface area contributed by atoms with E-state index in [0.717, 1.165) is 31.4 Å². The van der Waals surface area contributed by atoms with Crippen LogP contribution >= 0.6 is 11.9 Å². The van der Waals surface area contributed by atoms with Crippen molar-refractivity contribution in [1.82, 2.24) is 10.0 Å². The number of unbranched alkanes of at least 4 members (excludes halogenated alkanes) is 1. The number of benzene rings is 1. The van der Waals surface area contributed by atoms with Crippen molar-refractivity contribution in [3.8, 4) is 5.75 Å². The molecule has 7 heteroatoms. The van der Waals surface area contributed by atoms with Gasteiger partial charge in [-0.05, 0) is 37.0 Å². The molecule has 1 aromatic carbocycles. The summed E-state index contributed by atoms with van der Waals surface area (Å²) in [6.45, 7) is 1.05. The van der Waals surface area contributed by atoms with Crippen molar-refractivity contribution >= 4 is 23.8 Å². The molecule has 1 saturated heterocycles. The Labute approximate surface area is 146 Å². The molecule has 1 aliphatic rings. The second-order valence-electron chi connectivity index (χ2n) is 6.00. The first kappa shape index (κ1) is 18.6. The number of nitrogens with one attached hydrogen (secondary N) is 2. The van der Waals surface area contributed by atoms with E-state index >= 15 is 0 Å². The summed E-state index contributed by atoms with van der Waals surface area (Å²) in [7, 11) is 0. The van der Waals surface area contributed by atoms with E-state index in [0.29, 0.717) is 11.7 Å². The van der Waals surface area contributed by atoms with Gasteiger partial charge in [0, 0.05) is 24.6 Å². The van der Waals surface area contributed by atoms with E-state index in [4.69, 9.17) is 0 Å². The lowest BCUT2D eigenvalue weighted by Crippen LogP contribution is -2.42. The maximum Gasteiger partial charge on any atom is 0.326 e. The summed E-state index contributed by atoms with van der Waals surface area (Å²) in [5.74, 6) is -1.14. The fraction of sp³-hybridized carbons (Fsp3) is 0.529. The smallest absolute Gasteiger partial charge is 0.326 e. The molecule has 1 amide bonds. The van der Waals surface area contributed by atoms with Crippen molar-refractivity contribution in [2.24, 2.45) is 0 Å². The van der Waals surface area contributed by atoms with Gasteiger partial charge in [-0.3, -0.25) is 9.52 Å². The van der Waals surface area contributed by atoms with E-state index in [1.807, 2.05) is 0 Å². The lowest BCUT2D eigenvalue weighted by Gasteiger charge is -2.15. The van der Waals surface area contributed by atoms with Crippen molar-refractivity contribution in [3.05, 3.63) is 29.8 Å². The van der Waals surface area contributed by atoms with Gasteiger partial charge in [0.15, 0.2) is 0 Å². The lowest BCUT2D eigenvalue weighted by atomic mass is 10.1. The Morgan fingerprint density at radius 3 is 2.67 bits per heavy atom. The van der Waals surface area contributed by atoms with Crippen LogP contribution in [0, 0.1) is 0 Å². The first-order valence-corrected chi connectivity index (χ1v) is 9.11. The van der Waals surface area contributed by atoms with E-state index in [1.54, 1.807) is 24.1 Å². The predicted molar refractivity (Wildman–Crippen MR) is 93.8 cm³/mol. The third-order valence-electron chi connectivity index (χ3n) is 4.01. The number of aliphatic carboxylic acids is 1. The molecule has 1 heterocycles. The van der Waals surface area contributed by atoms with E-state index in [2.05, 4.69) is 10.0 Å². The van der Waals surface area contributed by atoms with Gasteiger partial charge >= 0.3 is 5.97 Å².